The number of carbonyl (C=O) groups excluding carboxylic acids is 1. The number of hydrogen-bond donors (Lipinski definition) is 2. The standard InChI is InChI=1S/C25H29NO5/c1-15-16(2)23-18(17(3)22(15)30-5)12-14-25(4,31-23)13-8-11-21(27)26-20-10-7-6-9-19(20)24(28)29/h6-11H,12-14H2,1-5H3,(H,26,27)(H,28,29). The van der Waals surface area contributed by atoms with Gasteiger partial charge in [-0.15, -0.1) is 0 Å². The van der Waals surface area contributed by atoms with Crippen LogP contribution in [0.5, 0.6) is 11.5 Å². The summed E-state index contributed by atoms with van der Waals surface area (Å²) in [4.78, 5) is 23.6. The number of aromatic carboxylic acids is 1. The second-order valence-corrected chi connectivity index (χ2v) is 8.21. The van der Waals surface area contributed by atoms with E-state index in [1.807, 2.05) is 20.8 Å². The zero-order valence-corrected chi connectivity index (χ0v) is 18.7. The summed E-state index contributed by atoms with van der Waals surface area (Å²) in [6.45, 7) is 8.20. The molecule has 0 spiro atoms. The molecule has 1 atom stereocenters. The topological polar surface area (TPSA) is 84.9 Å². The Hall–Kier alpha value is -3.28. The molecule has 0 fully saturated rings. The molecular weight excluding hydrogens is 394 g/mol. The highest BCUT2D eigenvalue weighted by molar-refractivity contribution is 6.04. The second kappa shape index (κ2) is 8.84. The van der Waals surface area contributed by atoms with Gasteiger partial charge in [-0.05, 0) is 75.4 Å². The third kappa shape index (κ3) is 4.58. The molecule has 1 heterocycles. The number of para-hydroxylation sites is 1. The average Bonchev–Trinajstić information content (AvgIpc) is 2.72. The van der Waals surface area contributed by atoms with Crippen molar-refractivity contribution in [3.63, 3.8) is 0 Å². The summed E-state index contributed by atoms with van der Waals surface area (Å²) in [6.07, 6.45) is 5.47. The van der Waals surface area contributed by atoms with Gasteiger partial charge in [0.1, 0.15) is 17.1 Å². The largest absolute Gasteiger partial charge is 0.496 e. The number of carbonyl (C=O) groups is 2. The highest BCUT2D eigenvalue weighted by atomic mass is 16.5. The van der Waals surface area contributed by atoms with E-state index in [-0.39, 0.29) is 17.2 Å². The number of fused-ring (bicyclic) bond motifs is 1. The molecule has 1 amide bonds. The van der Waals surface area contributed by atoms with E-state index < -0.39 is 11.6 Å². The Morgan fingerprint density at radius 1 is 1.19 bits per heavy atom. The molecule has 0 bridgehead atoms. The van der Waals surface area contributed by atoms with Gasteiger partial charge in [0.15, 0.2) is 0 Å². The van der Waals surface area contributed by atoms with Crippen LogP contribution in [0.4, 0.5) is 5.69 Å². The lowest BCUT2D eigenvalue weighted by molar-refractivity contribution is -0.111. The molecule has 1 unspecified atom stereocenters. The third-order valence-corrected chi connectivity index (χ3v) is 6.00. The van der Waals surface area contributed by atoms with Crippen LogP contribution in [0.25, 0.3) is 0 Å². The van der Waals surface area contributed by atoms with Gasteiger partial charge in [-0.3, -0.25) is 4.79 Å². The van der Waals surface area contributed by atoms with E-state index in [1.165, 1.54) is 17.7 Å². The van der Waals surface area contributed by atoms with Crippen molar-refractivity contribution >= 4 is 17.6 Å². The Morgan fingerprint density at radius 2 is 1.90 bits per heavy atom. The van der Waals surface area contributed by atoms with Crippen molar-refractivity contribution in [1.82, 2.24) is 0 Å². The van der Waals surface area contributed by atoms with E-state index in [4.69, 9.17) is 9.47 Å². The number of hydrogen-bond acceptors (Lipinski definition) is 4. The summed E-state index contributed by atoms with van der Waals surface area (Å²) in [6, 6.07) is 6.33. The molecule has 2 aromatic carbocycles. The lowest BCUT2D eigenvalue weighted by Gasteiger charge is -2.37. The van der Waals surface area contributed by atoms with Crippen molar-refractivity contribution in [2.45, 2.75) is 52.6 Å². The third-order valence-electron chi connectivity index (χ3n) is 6.00. The van der Waals surface area contributed by atoms with Crippen LogP contribution in [0.15, 0.2) is 36.4 Å². The first-order valence-corrected chi connectivity index (χ1v) is 10.3. The normalized spacial score (nSPS) is 17.7. The molecule has 0 radical (unpaired) electrons. The minimum absolute atomic E-state index is 0.0556. The van der Waals surface area contributed by atoms with Crippen molar-refractivity contribution in [2.24, 2.45) is 0 Å². The Kier molecular flexibility index (Phi) is 6.39. The van der Waals surface area contributed by atoms with Crippen molar-refractivity contribution in [1.29, 1.82) is 0 Å². The van der Waals surface area contributed by atoms with E-state index in [0.29, 0.717) is 6.42 Å². The Labute approximate surface area is 182 Å². The lowest BCUT2D eigenvalue weighted by Crippen LogP contribution is -2.36. The zero-order valence-electron chi connectivity index (χ0n) is 18.7. The molecule has 6 nitrogen and oxygen atoms in total. The number of benzene rings is 2. The molecular formula is C25H29NO5. The number of anilines is 1. The molecule has 3 rings (SSSR count). The first-order valence-electron chi connectivity index (χ1n) is 10.3. The molecule has 0 aliphatic carbocycles. The predicted octanol–water partition coefficient (Wildman–Crippen LogP) is 4.99. The Bertz CT molecular complexity index is 1060. The highest BCUT2D eigenvalue weighted by Gasteiger charge is 2.33. The number of carboxylic acids is 1. The fourth-order valence-corrected chi connectivity index (χ4v) is 4.10. The summed E-state index contributed by atoms with van der Waals surface area (Å²) in [5.41, 5.74) is 4.36. The summed E-state index contributed by atoms with van der Waals surface area (Å²) in [5.74, 6) is 0.375. The summed E-state index contributed by atoms with van der Waals surface area (Å²) >= 11 is 0. The second-order valence-electron chi connectivity index (χ2n) is 8.21. The maximum Gasteiger partial charge on any atom is 0.337 e. The monoisotopic (exact) mass is 423 g/mol. The molecule has 0 saturated carbocycles. The number of carboxylic acid groups (broad SMARTS) is 1. The molecule has 2 N–H and O–H groups in total. The van der Waals surface area contributed by atoms with Gasteiger partial charge in [0, 0.05) is 12.0 Å². The van der Waals surface area contributed by atoms with Crippen LogP contribution in [-0.2, 0) is 11.2 Å². The van der Waals surface area contributed by atoms with Gasteiger partial charge in [0.25, 0.3) is 0 Å². The van der Waals surface area contributed by atoms with E-state index in [2.05, 4.69) is 12.2 Å². The number of methoxy groups -OCH3 is 1. The molecule has 0 aromatic heterocycles. The van der Waals surface area contributed by atoms with Gasteiger partial charge >= 0.3 is 5.97 Å². The quantitative estimate of drug-likeness (QED) is 0.640. The van der Waals surface area contributed by atoms with Crippen LogP contribution in [0.2, 0.25) is 0 Å². The fraction of sp³-hybridized carbons (Fsp3) is 0.360. The number of rotatable bonds is 6. The molecule has 0 saturated heterocycles. The fourth-order valence-electron chi connectivity index (χ4n) is 4.10. The van der Waals surface area contributed by atoms with Gasteiger partial charge in [-0.25, -0.2) is 4.79 Å². The number of ether oxygens (including phenoxy) is 2. The minimum atomic E-state index is -1.08. The minimum Gasteiger partial charge on any atom is -0.496 e. The first kappa shape index (κ1) is 22.4. The molecule has 31 heavy (non-hydrogen) atoms. The Morgan fingerprint density at radius 3 is 2.58 bits per heavy atom. The van der Waals surface area contributed by atoms with Crippen LogP contribution in [-0.4, -0.2) is 29.7 Å². The van der Waals surface area contributed by atoms with E-state index in [9.17, 15) is 14.7 Å². The molecule has 164 valence electrons. The van der Waals surface area contributed by atoms with Crippen LogP contribution in [0.1, 0.15) is 52.4 Å². The van der Waals surface area contributed by atoms with Gasteiger partial charge in [-0.1, -0.05) is 18.2 Å². The predicted molar refractivity (Wildman–Crippen MR) is 120 cm³/mol. The molecule has 1 aliphatic heterocycles. The SMILES string of the molecule is COc1c(C)c(C)c2c(c1C)CCC(C)(CC=CC(=O)Nc1ccccc1C(=O)O)O2. The molecule has 6 heteroatoms. The molecule has 1 aliphatic rings. The lowest BCUT2D eigenvalue weighted by atomic mass is 9.85. The van der Waals surface area contributed by atoms with E-state index in [1.54, 1.807) is 31.4 Å². The summed E-state index contributed by atoms with van der Waals surface area (Å²) in [7, 11) is 1.69. The first-order chi connectivity index (χ1) is 14.7. The highest BCUT2D eigenvalue weighted by Crippen LogP contribution is 2.44. The molecule has 2 aromatic rings. The maximum atomic E-state index is 12.3. The van der Waals surface area contributed by atoms with Crippen LogP contribution < -0.4 is 14.8 Å². The van der Waals surface area contributed by atoms with E-state index in [0.717, 1.165) is 41.0 Å². The van der Waals surface area contributed by atoms with Gasteiger partial charge in [0.2, 0.25) is 5.91 Å². The average molecular weight is 424 g/mol. The van der Waals surface area contributed by atoms with Crippen molar-refractivity contribution in [3.05, 3.63) is 64.2 Å². The van der Waals surface area contributed by atoms with Crippen LogP contribution in [0.3, 0.4) is 0 Å². The van der Waals surface area contributed by atoms with Gasteiger partial charge < -0.3 is 19.9 Å². The van der Waals surface area contributed by atoms with E-state index >= 15 is 0 Å². The summed E-state index contributed by atoms with van der Waals surface area (Å²) in [5, 5.41) is 11.9. The van der Waals surface area contributed by atoms with Crippen molar-refractivity contribution in [3.8, 4) is 11.5 Å². The smallest absolute Gasteiger partial charge is 0.337 e. The van der Waals surface area contributed by atoms with Crippen LogP contribution in [0, 0.1) is 20.8 Å². The van der Waals surface area contributed by atoms with Crippen molar-refractivity contribution < 1.29 is 24.2 Å². The van der Waals surface area contributed by atoms with Crippen molar-refractivity contribution in [2.75, 3.05) is 12.4 Å². The Balaban J connectivity index is 1.71. The number of nitrogens with one attached hydrogen (secondary N) is 1. The number of amides is 1. The summed E-state index contributed by atoms with van der Waals surface area (Å²) < 4.78 is 12.0. The van der Waals surface area contributed by atoms with Gasteiger partial charge in [0.05, 0.1) is 18.4 Å². The van der Waals surface area contributed by atoms with Crippen LogP contribution >= 0.6 is 0 Å². The maximum absolute atomic E-state index is 12.3. The van der Waals surface area contributed by atoms with Gasteiger partial charge in [-0.2, -0.15) is 0 Å². The zero-order chi connectivity index (χ0) is 22.8.